The van der Waals surface area contributed by atoms with E-state index in [1.807, 2.05) is 0 Å². The van der Waals surface area contributed by atoms with Crippen molar-refractivity contribution < 1.29 is 9.59 Å². The molecule has 1 fully saturated rings. The standard InChI is InChI=1S/C13H18N4O2.2ClH/c1-16(13(19)11-3-2-4-15-9-11)10-12(18)17-7-5-14-6-8-17;;/h2-4,9,14H,5-8,10H2,1H3;2*1H. The molecule has 21 heavy (non-hydrogen) atoms. The summed E-state index contributed by atoms with van der Waals surface area (Å²) in [5, 5.41) is 3.19. The second-order valence-electron chi connectivity index (χ2n) is 4.53. The minimum absolute atomic E-state index is 0. The summed E-state index contributed by atoms with van der Waals surface area (Å²) in [6.07, 6.45) is 3.12. The molecule has 0 atom stereocenters. The normalized spacial score (nSPS) is 13.7. The van der Waals surface area contributed by atoms with Crippen LogP contribution in [-0.2, 0) is 4.79 Å². The Hall–Kier alpha value is -1.37. The van der Waals surface area contributed by atoms with Crippen LogP contribution < -0.4 is 5.32 Å². The van der Waals surface area contributed by atoms with Gasteiger partial charge in [-0.25, -0.2) is 0 Å². The molecule has 0 spiro atoms. The first kappa shape index (κ1) is 19.6. The van der Waals surface area contributed by atoms with Gasteiger partial charge in [-0.05, 0) is 12.1 Å². The van der Waals surface area contributed by atoms with Crippen LogP contribution in [0.2, 0.25) is 0 Å². The first-order valence-electron chi connectivity index (χ1n) is 6.32. The number of hydrogen-bond donors (Lipinski definition) is 1. The van der Waals surface area contributed by atoms with Crippen LogP contribution in [0.15, 0.2) is 24.5 Å². The van der Waals surface area contributed by atoms with Crippen LogP contribution in [0.4, 0.5) is 0 Å². The summed E-state index contributed by atoms with van der Waals surface area (Å²) < 4.78 is 0. The highest BCUT2D eigenvalue weighted by Gasteiger charge is 2.20. The third kappa shape index (κ3) is 5.49. The van der Waals surface area contributed by atoms with E-state index in [0.717, 1.165) is 13.1 Å². The minimum Gasteiger partial charge on any atom is -0.339 e. The van der Waals surface area contributed by atoms with Crippen molar-refractivity contribution in [2.75, 3.05) is 39.8 Å². The van der Waals surface area contributed by atoms with Gasteiger partial charge in [0.1, 0.15) is 0 Å². The molecule has 1 aliphatic rings. The number of piperazine rings is 1. The summed E-state index contributed by atoms with van der Waals surface area (Å²) in [7, 11) is 1.63. The topological polar surface area (TPSA) is 65.5 Å². The van der Waals surface area contributed by atoms with Gasteiger partial charge in [-0.15, -0.1) is 24.8 Å². The van der Waals surface area contributed by atoms with Crippen molar-refractivity contribution in [2.24, 2.45) is 0 Å². The van der Waals surface area contributed by atoms with E-state index in [9.17, 15) is 9.59 Å². The second-order valence-corrected chi connectivity index (χ2v) is 4.53. The molecule has 6 nitrogen and oxygen atoms in total. The molecule has 1 saturated heterocycles. The van der Waals surface area contributed by atoms with Crippen molar-refractivity contribution in [3.63, 3.8) is 0 Å². The number of hydrogen-bond acceptors (Lipinski definition) is 4. The maximum atomic E-state index is 12.1. The average molecular weight is 335 g/mol. The Morgan fingerprint density at radius 3 is 2.57 bits per heavy atom. The van der Waals surface area contributed by atoms with Crippen LogP contribution >= 0.6 is 24.8 Å². The maximum Gasteiger partial charge on any atom is 0.255 e. The number of halogens is 2. The van der Waals surface area contributed by atoms with Gasteiger partial charge in [-0.2, -0.15) is 0 Å². The van der Waals surface area contributed by atoms with E-state index >= 15 is 0 Å². The van der Waals surface area contributed by atoms with Crippen molar-refractivity contribution in [2.45, 2.75) is 0 Å². The third-order valence-electron chi connectivity index (χ3n) is 3.10. The lowest BCUT2D eigenvalue weighted by Gasteiger charge is -2.29. The number of nitrogens with zero attached hydrogens (tertiary/aromatic N) is 3. The van der Waals surface area contributed by atoms with E-state index in [2.05, 4.69) is 10.3 Å². The monoisotopic (exact) mass is 334 g/mol. The molecular formula is C13H20Cl2N4O2. The van der Waals surface area contributed by atoms with E-state index in [4.69, 9.17) is 0 Å². The fourth-order valence-electron chi connectivity index (χ4n) is 2.00. The highest BCUT2D eigenvalue weighted by molar-refractivity contribution is 5.96. The van der Waals surface area contributed by atoms with Crippen molar-refractivity contribution >= 4 is 36.6 Å². The first-order chi connectivity index (χ1) is 9.18. The summed E-state index contributed by atoms with van der Waals surface area (Å²) in [5.74, 6) is -0.196. The summed E-state index contributed by atoms with van der Waals surface area (Å²) in [6.45, 7) is 3.13. The lowest BCUT2D eigenvalue weighted by Crippen LogP contribution is -2.49. The van der Waals surface area contributed by atoms with Crippen LogP contribution in [0.25, 0.3) is 0 Å². The van der Waals surface area contributed by atoms with Crippen LogP contribution in [0.3, 0.4) is 0 Å². The molecule has 0 saturated carbocycles. The predicted octanol–water partition coefficient (Wildman–Crippen LogP) is 0.429. The smallest absolute Gasteiger partial charge is 0.255 e. The van der Waals surface area contributed by atoms with E-state index in [0.29, 0.717) is 18.7 Å². The average Bonchev–Trinajstić information content (AvgIpc) is 2.48. The van der Waals surface area contributed by atoms with Crippen molar-refractivity contribution in [3.8, 4) is 0 Å². The Labute approximate surface area is 136 Å². The van der Waals surface area contributed by atoms with Gasteiger partial charge < -0.3 is 15.1 Å². The van der Waals surface area contributed by atoms with Crippen molar-refractivity contribution in [1.82, 2.24) is 20.1 Å². The number of aromatic nitrogens is 1. The zero-order chi connectivity index (χ0) is 13.7. The number of nitrogens with one attached hydrogen (secondary N) is 1. The lowest BCUT2D eigenvalue weighted by molar-refractivity contribution is -0.132. The van der Waals surface area contributed by atoms with E-state index in [-0.39, 0.29) is 43.2 Å². The molecule has 1 aromatic rings. The first-order valence-corrected chi connectivity index (χ1v) is 6.32. The number of amides is 2. The van der Waals surface area contributed by atoms with Gasteiger partial charge in [0, 0.05) is 45.6 Å². The van der Waals surface area contributed by atoms with Gasteiger partial charge >= 0.3 is 0 Å². The summed E-state index contributed by atoms with van der Waals surface area (Å²) in [4.78, 5) is 31.2. The predicted molar refractivity (Wildman–Crippen MR) is 85.1 cm³/mol. The SMILES string of the molecule is CN(CC(=O)N1CCNCC1)C(=O)c1cccnc1.Cl.Cl. The number of carbonyl (C=O) groups excluding carboxylic acids is 2. The molecular weight excluding hydrogens is 315 g/mol. The number of rotatable bonds is 3. The highest BCUT2D eigenvalue weighted by atomic mass is 35.5. The molecule has 1 aliphatic heterocycles. The molecule has 0 unspecified atom stereocenters. The molecule has 8 heteroatoms. The lowest BCUT2D eigenvalue weighted by atomic mass is 10.2. The molecule has 2 amide bonds. The quantitative estimate of drug-likeness (QED) is 0.870. The van der Waals surface area contributed by atoms with Gasteiger partial charge in [0.2, 0.25) is 5.91 Å². The molecule has 2 heterocycles. The molecule has 0 radical (unpaired) electrons. The van der Waals surface area contributed by atoms with Crippen LogP contribution in [-0.4, -0.2) is 66.4 Å². The molecule has 1 N–H and O–H groups in total. The highest BCUT2D eigenvalue weighted by Crippen LogP contribution is 2.02. The molecule has 0 aromatic carbocycles. The van der Waals surface area contributed by atoms with Crippen LogP contribution in [0, 0.1) is 0 Å². The van der Waals surface area contributed by atoms with Crippen LogP contribution in [0.5, 0.6) is 0 Å². The Kier molecular flexibility index (Phi) is 8.92. The van der Waals surface area contributed by atoms with E-state index in [1.54, 1.807) is 30.3 Å². The van der Waals surface area contributed by atoms with Gasteiger partial charge in [0.15, 0.2) is 0 Å². The third-order valence-corrected chi connectivity index (χ3v) is 3.10. The summed E-state index contributed by atoms with van der Waals surface area (Å²) >= 11 is 0. The maximum absolute atomic E-state index is 12.1. The fraction of sp³-hybridized carbons (Fsp3) is 0.462. The van der Waals surface area contributed by atoms with Gasteiger partial charge in [-0.3, -0.25) is 14.6 Å². The molecule has 2 rings (SSSR count). The van der Waals surface area contributed by atoms with Gasteiger partial charge in [-0.1, -0.05) is 0 Å². The number of carbonyl (C=O) groups is 2. The molecule has 1 aromatic heterocycles. The summed E-state index contributed by atoms with van der Waals surface area (Å²) in [6, 6.07) is 3.40. The fourth-order valence-corrected chi connectivity index (χ4v) is 2.00. The zero-order valence-electron chi connectivity index (χ0n) is 11.8. The minimum atomic E-state index is -0.184. The van der Waals surface area contributed by atoms with E-state index in [1.165, 1.54) is 11.1 Å². The Morgan fingerprint density at radius 2 is 2.00 bits per heavy atom. The second kappa shape index (κ2) is 9.55. The van der Waals surface area contributed by atoms with Crippen molar-refractivity contribution in [3.05, 3.63) is 30.1 Å². The molecule has 0 aliphatic carbocycles. The summed E-state index contributed by atoms with van der Waals surface area (Å²) in [5.41, 5.74) is 0.498. The Balaban J connectivity index is 0.00000200. The largest absolute Gasteiger partial charge is 0.339 e. The van der Waals surface area contributed by atoms with Gasteiger partial charge in [0.05, 0.1) is 12.1 Å². The number of pyridine rings is 1. The van der Waals surface area contributed by atoms with Crippen molar-refractivity contribution in [1.29, 1.82) is 0 Å². The van der Waals surface area contributed by atoms with Gasteiger partial charge in [0.25, 0.3) is 5.91 Å². The van der Waals surface area contributed by atoms with E-state index < -0.39 is 0 Å². The number of likely N-dealkylation sites (N-methyl/N-ethyl adjacent to an activating group) is 1. The Morgan fingerprint density at radius 1 is 1.33 bits per heavy atom. The molecule has 0 bridgehead atoms. The molecule has 118 valence electrons. The Bertz CT molecular complexity index is 453. The van der Waals surface area contributed by atoms with Crippen LogP contribution in [0.1, 0.15) is 10.4 Å². The zero-order valence-corrected chi connectivity index (χ0v) is 13.5.